The van der Waals surface area contributed by atoms with Crippen molar-refractivity contribution in [2.45, 2.75) is 64.3 Å². The maximum atomic E-state index is 12.9. The van der Waals surface area contributed by atoms with Gasteiger partial charge in [0.05, 0.1) is 23.6 Å². The van der Waals surface area contributed by atoms with Gasteiger partial charge in [-0.1, -0.05) is 30.3 Å². The van der Waals surface area contributed by atoms with Crippen LogP contribution in [-0.4, -0.2) is 40.5 Å². The molecule has 2 rings (SSSR count). The zero-order valence-corrected chi connectivity index (χ0v) is 15.5. The van der Waals surface area contributed by atoms with Crippen molar-refractivity contribution in [2.75, 3.05) is 7.11 Å². The second-order valence-electron chi connectivity index (χ2n) is 7.89. The van der Waals surface area contributed by atoms with Gasteiger partial charge < -0.3 is 15.3 Å². The van der Waals surface area contributed by atoms with Crippen molar-refractivity contribution in [3.63, 3.8) is 0 Å². The lowest BCUT2D eigenvalue weighted by Gasteiger charge is -2.54. The fraction of sp³-hybridized carbons (Fsp3) is 0.632. The molecule has 0 radical (unpaired) electrons. The molecule has 134 valence electrons. The Labute approximate surface area is 145 Å². The fourth-order valence-corrected chi connectivity index (χ4v) is 3.95. The molecule has 1 heterocycles. The van der Waals surface area contributed by atoms with Crippen molar-refractivity contribution in [3.05, 3.63) is 35.9 Å². The number of hydroxylamine groups is 2. The summed E-state index contributed by atoms with van der Waals surface area (Å²) in [6, 6.07) is 9.82. The maximum Gasteiger partial charge on any atom is 0.226 e. The summed E-state index contributed by atoms with van der Waals surface area (Å²) in [6.45, 7) is 9.68. The molecule has 0 unspecified atom stereocenters. The van der Waals surface area contributed by atoms with Crippen molar-refractivity contribution in [1.29, 1.82) is 0 Å². The van der Waals surface area contributed by atoms with E-state index in [1.54, 1.807) is 7.11 Å². The van der Waals surface area contributed by atoms with E-state index in [1.807, 2.05) is 65.0 Å². The van der Waals surface area contributed by atoms with Crippen molar-refractivity contribution in [2.24, 2.45) is 5.92 Å². The van der Waals surface area contributed by atoms with Crippen LogP contribution in [0.3, 0.4) is 0 Å². The first-order valence-corrected chi connectivity index (χ1v) is 8.48. The summed E-state index contributed by atoms with van der Waals surface area (Å²) in [4.78, 5) is 12.9. The minimum atomic E-state index is -0.658. The van der Waals surface area contributed by atoms with E-state index in [2.05, 4.69) is 5.32 Å². The van der Waals surface area contributed by atoms with Gasteiger partial charge in [-0.05, 0) is 46.6 Å². The third-order valence-electron chi connectivity index (χ3n) is 5.15. The highest BCUT2D eigenvalue weighted by Gasteiger charge is 2.54. The molecule has 1 aliphatic heterocycles. The summed E-state index contributed by atoms with van der Waals surface area (Å²) in [7, 11) is 1.60. The number of hydrogen-bond donors (Lipinski definition) is 2. The number of methoxy groups -OCH3 is 1. The molecule has 24 heavy (non-hydrogen) atoms. The van der Waals surface area contributed by atoms with Crippen molar-refractivity contribution in [1.82, 2.24) is 10.4 Å². The molecule has 0 saturated carbocycles. The average Bonchev–Trinajstić information content (AvgIpc) is 2.53. The maximum absolute atomic E-state index is 12.9. The van der Waals surface area contributed by atoms with Crippen LogP contribution in [0.5, 0.6) is 0 Å². The van der Waals surface area contributed by atoms with Crippen LogP contribution < -0.4 is 5.32 Å². The van der Waals surface area contributed by atoms with E-state index < -0.39 is 17.2 Å². The summed E-state index contributed by atoms with van der Waals surface area (Å²) in [5.74, 6) is -0.359. The quantitative estimate of drug-likeness (QED) is 0.888. The number of carbonyl (C=O) groups excluding carboxylic acids is 1. The molecule has 0 spiro atoms. The molecule has 5 nitrogen and oxygen atoms in total. The normalized spacial score (nSPS) is 27.5. The topological polar surface area (TPSA) is 61.8 Å². The Hall–Kier alpha value is -1.43. The highest BCUT2D eigenvalue weighted by atomic mass is 16.5. The zero-order chi connectivity index (χ0) is 18.1. The Morgan fingerprint density at radius 3 is 2.42 bits per heavy atom. The Morgan fingerprint density at radius 2 is 1.88 bits per heavy atom. The molecule has 2 N–H and O–H groups in total. The first-order chi connectivity index (χ1) is 11.1. The minimum absolute atomic E-state index is 0.0348. The monoisotopic (exact) mass is 334 g/mol. The average molecular weight is 334 g/mol. The van der Waals surface area contributed by atoms with Crippen LogP contribution in [0, 0.1) is 5.92 Å². The lowest BCUT2D eigenvalue weighted by molar-refractivity contribution is -0.283. The van der Waals surface area contributed by atoms with Gasteiger partial charge in [-0.15, -0.1) is 0 Å². The predicted molar refractivity (Wildman–Crippen MR) is 93.7 cm³/mol. The molecule has 1 aromatic rings. The summed E-state index contributed by atoms with van der Waals surface area (Å²) in [6.07, 6.45) is 0.136. The van der Waals surface area contributed by atoms with Gasteiger partial charge in [0.25, 0.3) is 0 Å². The highest BCUT2D eigenvalue weighted by Crippen LogP contribution is 2.41. The summed E-state index contributed by atoms with van der Waals surface area (Å²) in [5.41, 5.74) is -0.0942. The smallest absolute Gasteiger partial charge is 0.226 e. The Kier molecular flexibility index (Phi) is 5.37. The number of amides is 1. The Bertz CT molecular complexity index is 571. The summed E-state index contributed by atoms with van der Waals surface area (Å²) >= 11 is 0. The van der Waals surface area contributed by atoms with Gasteiger partial charge in [-0.25, -0.2) is 0 Å². The molecule has 1 aliphatic rings. The molecule has 0 bridgehead atoms. The lowest BCUT2D eigenvalue weighted by atomic mass is 9.72. The number of carbonyl (C=O) groups is 1. The van der Waals surface area contributed by atoms with Crippen LogP contribution in [0.25, 0.3) is 0 Å². The molecular weight excluding hydrogens is 304 g/mol. The first kappa shape index (κ1) is 18.9. The number of ether oxygens (including phenoxy) is 1. The first-order valence-electron chi connectivity index (χ1n) is 8.48. The van der Waals surface area contributed by atoms with Crippen LogP contribution >= 0.6 is 0 Å². The van der Waals surface area contributed by atoms with Crippen LogP contribution in [0.15, 0.2) is 30.3 Å². The lowest BCUT2D eigenvalue weighted by Crippen LogP contribution is -2.68. The standard InChI is InChI=1S/C19H30N2O3/c1-13(14-10-8-7-9-11-14)20-17(22)15-12-18(2,3)21(23)19(4,5)16(15)24-6/h7-11,13,15-16,23H,12H2,1-6H3,(H,20,22)/t13-,15+,16+/m0/s1. The van der Waals surface area contributed by atoms with Gasteiger partial charge in [-0.3, -0.25) is 4.79 Å². The molecule has 1 amide bonds. The van der Waals surface area contributed by atoms with Crippen molar-refractivity contribution >= 4 is 5.91 Å². The van der Waals surface area contributed by atoms with Gasteiger partial charge in [-0.2, -0.15) is 5.06 Å². The molecule has 1 aromatic carbocycles. The summed E-state index contributed by atoms with van der Waals surface area (Å²) in [5, 5.41) is 15.0. The second kappa shape index (κ2) is 6.82. The SMILES string of the molecule is CO[C@@H]1[C@H](C(=O)N[C@@H](C)c2ccccc2)CC(C)(C)N(O)C1(C)C. The van der Waals surface area contributed by atoms with Gasteiger partial charge in [0, 0.05) is 12.6 Å². The highest BCUT2D eigenvalue weighted by molar-refractivity contribution is 5.80. The largest absolute Gasteiger partial charge is 0.379 e. The van der Waals surface area contributed by atoms with E-state index in [1.165, 1.54) is 5.06 Å². The van der Waals surface area contributed by atoms with E-state index in [9.17, 15) is 10.0 Å². The fourth-order valence-electron chi connectivity index (χ4n) is 3.95. The molecule has 5 heteroatoms. The molecule has 0 aromatic heterocycles. The zero-order valence-electron chi connectivity index (χ0n) is 15.5. The van der Waals surface area contributed by atoms with Crippen molar-refractivity contribution < 1.29 is 14.7 Å². The minimum Gasteiger partial charge on any atom is -0.379 e. The van der Waals surface area contributed by atoms with E-state index in [-0.39, 0.29) is 17.9 Å². The third-order valence-corrected chi connectivity index (χ3v) is 5.15. The molecule has 3 atom stereocenters. The van der Waals surface area contributed by atoms with Crippen LogP contribution in [0.1, 0.15) is 52.6 Å². The third kappa shape index (κ3) is 3.48. The van der Waals surface area contributed by atoms with Crippen molar-refractivity contribution in [3.8, 4) is 0 Å². The van der Waals surface area contributed by atoms with Crippen LogP contribution in [-0.2, 0) is 9.53 Å². The van der Waals surface area contributed by atoms with Gasteiger partial charge in [0.1, 0.15) is 0 Å². The van der Waals surface area contributed by atoms with E-state index >= 15 is 0 Å². The van der Waals surface area contributed by atoms with E-state index in [0.29, 0.717) is 6.42 Å². The number of piperidine rings is 1. The van der Waals surface area contributed by atoms with Gasteiger partial charge >= 0.3 is 0 Å². The number of benzene rings is 1. The number of nitrogens with one attached hydrogen (secondary N) is 1. The molecule has 1 fully saturated rings. The van der Waals surface area contributed by atoms with E-state index in [4.69, 9.17) is 4.74 Å². The van der Waals surface area contributed by atoms with Gasteiger partial charge in [0.15, 0.2) is 0 Å². The molecule has 0 aliphatic carbocycles. The Morgan fingerprint density at radius 1 is 1.29 bits per heavy atom. The molecular formula is C19H30N2O3. The number of hydrogen-bond acceptors (Lipinski definition) is 4. The number of rotatable bonds is 4. The van der Waals surface area contributed by atoms with Crippen LogP contribution in [0.4, 0.5) is 0 Å². The van der Waals surface area contributed by atoms with E-state index in [0.717, 1.165) is 5.56 Å². The van der Waals surface area contributed by atoms with Crippen LogP contribution in [0.2, 0.25) is 0 Å². The predicted octanol–water partition coefficient (Wildman–Crippen LogP) is 3.15. The summed E-state index contributed by atoms with van der Waals surface area (Å²) < 4.78 is 5.63. The van der Waals surface area contributed by atoms with Gasteiger partial charge in [0.2, 0.25) is 5.91 Å². The Balaban J connectivity index is 2.20. The molecule has 1 saturated heterocycles. The second-order valence-corrected chi connectivity index (χ2v) is 7.89. The number of nitrogens with zero attached hydrogens (tertiary/aromatic N) is 1.